The maximum absolute atomic E-state index is 11.6. The van der Waals surface area contributed by atoms with Gasteiger partial charge in [0, 0.05) is 22.1 Å². The molecule has 0 aliphatic heterocycles. The number of pyridine rings is 1. The highest BCUT2D eigenvalue weighted by Gasteiger charge is 2.03. The topological polar surface area (TPSA) is 71.9 Å². The fraction of sp³-hybridized carbons (Fsp3) is 0.0909. The van der Waals surface area contributed by atoms with E-state index < -0.39 is 0 Å². The molecule has 1 heterocycles. The van der Waals surface area contributed by atoms with Crippen molar-refractivity contribution in [3.8, 4) is 0 Å². The molecule has 2 rings (SSSR count). The van der Waals surface area contributed by atoms with Crippen LogP contribution in [-0.2, 0) is 6.54 Å². The lowest BCUT2D eigenvalue weighted by molar-refractivity contribution is 0.870. The minimum Gasteiger partial charge on any atom is -0.386 e. The first-order chi connectivity index (χ1) is 7.58. The van der Waals surface area contributed by atoms with Gasteiger partial charge in [-0.2, -0.15) is 0 Å². The van der Waals surface area contributed by atoms with Crippen LogP contribution in [0.3, 0.4) is 0 Å². The molecule has 0 fully saturated rings. The van der Waals surface area contributed by atoms with E-state index in [4.69, 9.17) is 11.1 Å². The van der Waals surface area contributed by atoms with Crippen LogP contribution in [0, 0.1) is 5.41 Å². The van der Waals surface area contributed by atoms with Crippen LogP contribution in [0.2, 0.25) is 0 Å². The third-order valence-electron chi connectivity index (χ3n) is 2.28. The molecule has 1 aromatic heterocycles. The summed E-state index contributed by atoms with van der Waals surface area (Å²) in [7, 11) is 0. The number of hydrogen-bond donors (Lipinski definition) is 2. The van der Waals surface area contributed by atoms with E-state index in [2.05, 4.69) is 15.9 Å². The van der Waals surface area contributed by atoms with Gasteiger partial charge in [-0.3, -0.25) is 10.2 Å². The van der Waals surface area contributed by atoms with E-state index in [1.54, 1.807) is 16.8 Å². The highest BCUT2D eigenvalue weighted by Crippen LogP contribution is 2.16. The SMILES string of the molecule is N=C(N)Cn1ccc(=O)c2cc(Br)ccc21. The number of amidine groups is 1. The molecule has 4 nitrogen and oxygen atoms in total. The highest BCUT2D eigenvalue weighted by molar-refractivity contribution is 9.10. The molecule has 0 aliphatic carbocycles. The van der Waals surface area contributed by atoms with Crippen LogP contribution in [0.5, 0.6) is 0 Å². The number of nitrogens with one attached hydrogen (secondary N) is 1. The Hall–Kier alpha value is -1.62. The number of halogens is 1. The number of nitrogens with zero attached hydrogens (tertiary/aromatic N) is 1. The van der Waals surface area contributed by atoms with Crippen LogP contribution >= 0.6 is 15.9 Å². The standard InChI is InChI=1S/C11H10BrN3O/c12-7-1-2-9-8(5-7)10(16)3-4-15(9)6-11(13)14/h1-5H,6H2,(H3,13,14). The van der Waals surface area contributed by atoms with Crippen LogP contribution in [0.15, 0.2) is 39.7 Å². The molecule has 0 saturated carbocycles. The molecule has 5 heteroatoms. The molecule has 0 unspecified atom stereocenters. The normalized spacial score (nSPS) is 10.6. The Morgan fingerprint density at radius 1 is 1.44 bits per heavy atom. The molecule has 0 amide bonds. The molecular weight excluding hydrogens is 270 g/mol. The van der Waals surface area contributed by atoms with E-state index in [0.717, 1.165) is 9.99 Å². The lowest BCUT2D eigenvalue weighted by Crippen LogP contribution is -2.19. The summed E-state index contributed by atoms with van der Waals surface area (Å²) in [6, 6.07) is 6.95. The third-order valence-corrected chi connectivity index (χ3v) is 2.77. The van der Waals surface area contributed by atoms with E-state index in [-0.39, 0.29) is 11.3 Å². The zero-order chi connectivity index (χ0) is 11.7. The van der Waals surface area contributed by atoms with Crippen molar-refractivity contribution in [3.05, 3.63) is 45.2 Å². The monoisotopic (exact) mass is 279 g/mol. The summed E-state index contributed by atoms with van der Waals surface area (Å²) in [5, 5.41) is 7.90. The minimum atomic E-state index is -0.0314. The van der Waals surface area contributed by atoms with Gasteiger partial charge in [-0.15, -0.1) is 0 Å². The Bertz CT molecular complexity index is 618. The minimum absolute atomic E-state index is 0.0314. The molecule has 0 radical (unpaired) electrons. The second-order valence-corrected chi connectivity index (χ2v) is 4.41. The summed E-state index contributed by atoms with van der Waals surface area (Å²) in [6.45, 7) is 0.290. The Kier molecular flexibility index (Phi) is 2.78. The van der Waals surface area contributed by atoms with Gasteiger partial charge in [-0.25, -0.2) is 0 Å². The van der Waals surface area contributed by atoms with Crippen LogP contribution in [-0.4, -0.2) is 10.4 Å². The van der Waals surface area contributed by atoms with Gasteiger partial charge in [0.1, 0.15) is 5.84 Å². The first kappa shape index (κ1) is 10.9. The van der Waals surface area contributed by atoms with Gasteiger partial charge in [-0.1, -0.05) is 15.9 Å². The van der Waals surface area contributed by atoms with Crippen molar-refractivity contribution >= 4 is 32.7 Å². The third kappa shape index (κ3) is 1.99. The highest BCUT2D eigenvalue weighted by atomic mass is 79.9. The quantitative estimate of drug-likeness (QED) is 0.649. The summed E-state index contributed by atoms with van der Waals surface area (Å²) in [6.07, 6.45) is 1.65. The zero-order valence-corrected chi connectivity index (χ0v) is 9.99. The molecule has 0 saturated heterocycles. The Morgan fingerprint density at radius 3 is 2.88 bits per heavy atom. The summed E-state index contributed by atoms with van der Waals surface area (Å²) in [5.41, 5.74) is 6.11. The Balaban J connectivity index is 2.74. The molecule has 82 valence electrons. The average molecular weight is 280 g/mol. The fourth-order valence-electron chi connectivity index (χ4n) is 1.61. The smallest absolute Gasteiger partial charge is 0.189 e. The number of rotatable bonds is 2. The second kappa shape index (κ2) is 4.09. The first-order valence-electron chi connectivity index (χ1n) is 4.69. The Labute approximate surface area is 100 Å². The van der Waals surface area contributed by atoms with E-state index in [0.29, 0.717) is 11.9 Å². The molecular formula is C11H10BrN3O. The van der Waals surface area contributed by atoms with Gasteiger partial charge in [0.05, 0.1) is 12.1 Å². The van der Waals surface area contributed by atoms with E-state index >= 15 is 0 Å². The van der Waals surface area contributed by atoms with Crippen molar-refractivity contribution in [2.75, 3.05) is 0 Å². The fourth-order valence-corrected chi connectivity index (χ4v) is 1.97. The van der Waals surface area contributed by atoms with E-state index in [1.807, 2.05) is 12.1 Å². The van der Waals surface area contributed by atoms with Crippen molar-refractivity contribution in [2.24, 2.45) is 5.73 Å². The van der Waals surface area contributed by atoms with Gasteiger partial charge in [0.15, 0.2) is 5.43 Å². The molecule has 0 aliphatic rings. The maximum Gasteiger partial charge on any atom is 0.189 e. The van der Waals surface area contributed by atoms with E-state index in [9.17, 15) is 4.79 Å². The van der Waals surface area contributed by atoms with Gasteiger partial charge < -0.3 is 10.3 Å². The summed E-state index contributed by atoms with van der Waals surface area (Å²) in [5.74, 6) is 0.0628. The summed E-state index contributed by atoms with van der Waals surface area (Å²) in [4.78, 5) is 11.6. The molecule has 1 aromatic carbocycles. The number of nitrogens with two attached hydrogens (primary N) is 1. The number of aromatic nitrogens is 1. The largest absolute Gasteiger partial charge is 0.386 e. The average Bonchev–Trinajstić information content (AvgIpc) is 2.22. The summed E-state index contributed by atoms with van der Waals surface area (Å²) < 4.78 is 2.64. The molecule has 0 spiro atoms. The molecule has 3 N–H and O–H groups in total. The van der Waals surface area contributed by atoms with Crippen molar-refractivity contribution in [1.29, 1.82) is 5.41 Å². The van der Waals surface area contributed by atoms with Crippen LogP contribution in [0.4, 0.5) is 0 Å². The van der Waals surface area contributed by atoms with Crippen molar-refractivity contribution in [2.45, 2.75) is 6.54 Å². The maximum atomic E-state index is 11.6. The number of benzene rings is 1. The van der Waals surface area contributed by atoms with Crippen LogP contribution in [0.1, 0.15) is 0 Å². The lowest BCUT2D eigenvalue weighted by Gasteiger charge is -2.09. The predicted molar refractivity (Wildman–Crippen MR) is 67.8 cm³/mol. The van der Waals surface area contributed by atoms with Gasteiger partial charge in [0.2, 0.25) is 0 Å². The number of hydrogen-bond acceptors (Lipinski definition) is 2. The second-order valence-electron chi connectivity index (χ2n) is 3.49. The van der Waals surface area contributed by atoms with Crippen LogP contribution in [0.25, 0.3) is 10.9 Å². The Morgan fingerprint density at radius 2 is 2.19 bits per heavy atom. The van der Waals surface area contributed by atoms with Gasteiger partial charge in [-0.05, 0) is 18.2 Å². The van der Waals surface area contributed by atoms with Crippen molar-refractivity contribution < 1.29 is 0 Å². The molecule has 0 bridgehead atoms. The number of fused-ring (bicyclic) bond motifs is 1. The molecule has 16 heavy (non-hydrogen) atoms. The lowest BCUT2D eigenvalue weighted by atomic mass is 10.2. The van der Waals surface area contributed by atoms with Crippen molar-refractivity contribution in [1.82, 2.24) is 4.57 Å². The zero-order valence-electron chi connectivity index (χ0n) is 8.40. The predicted octanol–water partition coefficient (Wildman–Crippen LogP) is 1.70. The first-order valence-corrected chi connectivity index (χ1v) is 5.49. The molecule has 0 atom stereocenters. The van der Waals surface area contributed by atoms with Crippen molar-refractivity contribution in [3.63, 3.8) is 0 Å². The summed E-state index contributed by atoms with van der Waals surface area (Å²) >= 11 is 3.33. The van der Waals surface area contributed by atoms with Crippen LogP contribution < -0.4 is 11.2 Å². The molecule has 2 aromatic rings. The van der Waals surface area contributed by atoms with E-state index in [1.165, 1.54) is 6.07 Å². The van der Waals surface area contributed by atoms with Gasteiger partial charge in [0.25, 0.3) is 0 Å². The van der Waals surface area contributed by atoms with Gasteiger partial charge >= 0.3 is 0 Å².